The van der Waals surface area contributed by atoms with Crippen LogP contribution in [0.3, 0.4) is 0 Å². The van der Waals surface area contributed by atoms with E-state index < -0.39 is 5.41 Å². The van der Waals surface area contributed by atoms with Gasteiger partial charge in [0.2, 0.25) is 5.91 Å². The van der Waals surface area contributed by atoms with Crippen molar-refractivity contribution in [3.05, 3.63) is 12.2 Å². The van der Waals surface area contributed by atoms with Crippen molar-refractivity contribution >= 4 is 17.5 Å². The van der Waals surface area contributed by atoms with E-state index in [2.05, 4.69) is 15.4 Å². The number of aromatic nitrogens is 3. The normalized spacial score (nSPS) is 11.5. The summed E-state index contributed by atoms with van der Waals surface area (Å²) in [6, 6.07) is 0. The zero-order chi connectivity index (χ0) is 12.9. The Balaban J connectivity index is 2.23. The summed E-state index contributed by atoms with van der Waals surface area (Å²) in [7, 11) is 1.83. The lowest BCUT2D eigenvalue weighted by atomic mass is 9.95. The van der Waals surface area contributed by atoms with E-state index in [9.17, 15) is 4.79 Å². The number of nitrogens with one attached hydrogen (secondary N) is 1. The van der Waals surface area contributed by atoms with E-state index in [1.165, 1.54) is 0 Å². The summed E-state index contributed by atoms with van der Waals surface area (Å²) in [6.07, 6.45) is 3.26. The van der Waals surface area contributed by atoms with E-state index in [4.69, 9.17) is 11.6 Å². The third kappa shape index (κ3) is 4.34. The first-order valence-corrected chi connectivity index (χ1v) is 6.18. The van der Waals surface area contributed by atoms with Crippen molar-refractivity contribution in [2.24, 2.45) is 12.5 Å². The number of amides is 1. The van der Waals surface area contributed by atoms with Gasteiger partial charge < -0.3 is 5.32 Å². The van der Waals surface area contributed by atoms with E-state index in [1.807, 2.05) is 20.9 Å². The van der Waals surface area contributed by atoms with Crippen LogP contribution in [0.25, 0.3) is 0 Å². The van der Waals surface area contributed by atoms with Gasteiger partial charge in [-0.25, -0.2) is 4.98 Å². The fourth-order valence-electron chi connectivity index (χ4n) is 1.25. The fourth-order valence-corrected chi connectivity index (χ4v) is 1.37. The van der Waals surface area contributed by atoms with Crippen molar-refractivity contribution in [1.82, 2.24) is 20.1 Å². The van der Waals surface area contributed by atoms with Crippen molar-refractivity contribution in [2.75, 3.05) is 12.4 Å². The van der Waals surface area contributed by atoms with Gasteiger partial charge in [-0.1, -0.05) is 0 Å². The summed E-state index contributed by atoms with van der Waals surface area (Å²) in [5.74, 6) is 1.11. The number of nitrogens with zero attached hydrogens (tertiary/aromatic N) is 3. The van der Waals surface area contributed by atoms with Gasteiger partial charge in [-0.05, 0) is 20.3 Å². The third-order valence-electron chi connectivity index (χ3n) is 2.46. The zero-order valence-corrected chi connectivity index (χ0v) is 11.3. The Hall–Kier alpha value is -1.10. The zero-order valence-electron chi connectivity index (χ0n) is 10.5. The molecule has 0 aromatic carbocycles. The largest absolute Gasteiger partial charge is 0.356 e. The van der Waals surface area contributed by atoms with Gasteiger partial charge in [0.05, 0.1) is 5.41 Å². The lowest BCUT2D eigenvalue weighted by molar-refractivity contribution is -0.128. The lowest BCUT2D eigenvalue weighted by Gasteiger charge is -2.20. The summed E-state index contributed by atoms with van der Waals surface area (Å²) in [5, 5.41) is 7.03. The molecule has 0 aliphatic heterocycles. The van der Waals surface area contributed by atoms with Crippen LogP contribution in [0.1, 0.15) is 26.1 Å². The van der Waals surface area contributed by atoms with Crippen LogP contribution in [0.2, 0.25) is 0 Å². The molecule has 0 saturated heterocycles. The molecular weight excluding hydrogens is 240 g/mol. The molecule has 0 bridgehead atoms. The molecule has 1 N–H and O–H groups in total. The van der Waals surface area contributed by atoms with Crippen molar-refractivity contribution in [2.45, 2.75) is 26.7 Å². The Kier molecular flexibility index (Phi) is 4.93. The molecule has 1 amide bonds. The second-order valence-electron chi connectivity index (χ2n) is 4.71. The Labute approximate surface area is 107 Å². The molecule has 0 atom stereocenters. The average Bonchev–Trinajstić information content (AvgIpc) is 2.70. The number of hydrogen-bond donors (Lipinski definition) is 1. The molecule has 0 saturated carbocycles. The molecule has 0 radical (unpaired) electrons. The molecular formula is C11H19ClN4O. The number of halogens is 1. The number of carbonyl (C=O) groups excluding carboxylic acids is 1. The molecule has 0 unspecified atom stereocenters. The Morgan fingerprint density at radius 3 is 2.82 bits per heavy atom. The second-order valence-corrected chi connectivity index (χ2v) is 4.98. The number of alkyl halides is 1. The summed E-state index contributed by atoms with van der Waals surface area (Å²) in [6.45, 7) is 4.28. The van der Waals surface area contributed by atoms with Crippen LogP contribution >= 0.6 is 11.6 Å². The maximum atomic E-state index is 11.7. The van der Waals surface area contributed by atoms with E-state index in [1.54, 1.807) is 11.0 Å². The summed E-state index contributed by atoms with van der Waals surface area (Å²) >= 11 is 5.72. The minimum Gasteiger partial charge on any atom is -0.356 e. The van der Waals surface area contributed by atoms with E-state index in [0.29, 0.717) is 12.4 Å². The van der Waals surface area contributed by atoms with Gasteiger partial charge in [-0.15, -0.1) is 11.6 Å². The molecule has 0 spiro atoms. The van der Waals surface area contributed by atoms with E-state index in [0.717, 1.165) is 18.7 Å². The highest BCUT2D eigenvalue weighted by Crippen LogP contribution is 2.16. The number of rotatable bonds is 6. The summed E-state index contributed by atoms with van der Waals surface area (Å²) < 4.78 is 1.67. The minimum atomic E-state index is -0.509. The predicted molar refractivity (Wildman–Crippen MR) is 66.8 cm³/mol. The number of hydrogen-bond acceptors (Lipinski definition) is 3. The topological polar surface area (TPSA) is 59.8 Å². The van der Waals surface area contributed by atoms with Crippen molar-refractivity contribution in [1.29, 1.82) is 0 Å². The molecule has 96 valence electrons. The molecule has 1 rings (SSSR count). The molecule has 0 aliphatic rings. The van der Waals surface area contributed by atoms with Crippen LogP contribution < -0.4 is 5.32 Å². The first kappa shape index (κ1) is 14.0. The monoisotopic (exact) mass is 258 g/mol. The Morgan fingerprint density at radius 1 is 1.59 bits per heavy atom. The van der Waals surface area contributed by atoms with E-state index >= 15 is 0 Å². The molecule has 0 aliphatic carbocycles. The molecule has 5 nitrogen and oxygen atoms in total. The van der Waals surface area contributed by atoms with Gasteiger partial charge in [0.25, 0.3) is 0 Å². The lowest BCUT2D eigenvalue weighted by Crippen LogP contribution is -2.38. The van der Waals surface area contributed by atoms with Crippen LogP contribution in [-0.4, -0.2) is 33.1 Å². The summed E-state index contributed by atoms with van der Waals surface area (Å²) in [4.78, 5) is 15.8. The predicted octanol–water partition coefficient (Wildman–Crippen LogP) is 1.13. The first-order valence-electron chi connectivity index (χ1n) is 5.64. The first-order chi connectivity index (χ1) is 7.95. The van der Waals surface area contributed by atoms with Gasteiger partial charge in [0.1, 0.15) is 6.33 Å². The van der Waals surface area contributed by atoms with Gasteiger partial charge in [0, 0.05) is 25.9 Å². The number of carbonyl (C=O) groups is 1. The molecule has 0 fully saturated rings. The summed E-state index contributed by atoms with van der Waals surface area (Å²) in [5.41, 5.74) is -0.509. The maximum Gasteiger partial charge on any atom is 0.226 e. The number of aryl methyl sites for hydroxylation is 2. The standard InChI is InChI=1S/C11H19ClN4O/c1-11(2,7-12)10(17)13-6-4-5-9-14-8-16(3)15-9/h8H,4-7H2,1-3H3,(H,13,17). The molecule has 1 heterocycles. The smallest absolute Gasteiger partial charge is 0.226 e. The van der Waals surface area contributed by atoms with Crippen LogP contribution in [0.15, 0.2) is 6.33 Å². The molecule has 1 aromatic heterocycles. The van der Waals surface area contributed by atoms with Crippen molar-refractivity contribution in [3.8, 4) is 0 Å². The highest BCUT2D eigenvalue weighted by molar-refractivity contribution is 6.19. The van der Waals surface area contributed by atoms with Gasteiger partial charge in [0.15, 0.2) is 5.82 Å². The molecule has 17 heavy (non-hydrogen) atoms. The van der Waals surface area contributed by atoms with Crippen LogP contribution in [0.5, 0.6) is 0 Å². The van der Waals surface area contributed by atoms with Gasteiger partial charge in [-0.2, -0.15) is 5.10 Å². The van der Waals surface area contributed by atoms with Crippen molar-refractivity contribution in [3.63, 3.8) is 0 Å². The average molecular weight is 259 g/mol. The highest BCUT2D eigenvalue weighted by atomic mass is 35.5. The SMILES string of the molecule is Cn1cnc(CCCNC(=O)C(C)(C)CCl)n1. The minimum absolute atomic E-state index is 0.0125. The third-order valence-corrected chi connectivity index (χ3v) is 3.13. The van der Waals surface area contributed by atoms with Crippen molar-refractivity contribution < 1.29 is 4.79 Å². The van der Waals surface area contributed by atoms with Crippen LogP contribution in [0, 0.1) is 5.41 Å². The van der Waals surface area contributed by atoms with E-state index in [-0.39, 0.29) is 5.91 Å². The Morgan fingerprint density at radius 2 is 2.29 bits per heavy atom. The maximum absolute atomic E-state index is 11.7. The quantitative estimate of drug-likeness (QED) is 0.615. The van der Waals surface area contributed by atoms with Gasteiger partial charge in [-0.3, -0.25) is 9.48 Å². The highest BCUT2D eigenvalue weighted by Gasteiger charge is 2.25. The Bertz CT molecular complexity index is 375. The van der Waals surface area contributed by atoms with Crippen LogP contribution in [0.4, 0.5) is 0 Å². The molecule has 6 heteroatoms. The fraction of sp³-hybridized carbons (Fsp3) is 0.727. The van der Waals surface area contributed by atoms with Crippen LogP contribution in [-0.2, 0) is 18.3 Å². The second kappa shape index (κ2) is 6.00. The molecule has 1 aromatic rings. The van der Waals surface area contributed by atoms with Gasteiger partial charge >= 0.3 is 0 Å².